The molecule has 138 valence electrons. The molecule has 3 aromatic rings. The number of nitrogens with zero attached hydrogens (tertiary/aromatic N) is 1. The van der Waals surface area contributed by atoms with Crippen LogP contribution in [0.15, 0.2) is 48.7 Å². The summed E-state index contributed by atoms with van der Waals surface area (Å²) in [6.07, 6.45) is 4.13. The first-order chi connectivity index (χ1) is 13.1. The van der Waals surface area contributed by atoms with Crippen LogP contribution in [-0.2, 0) is 11.2 Å². The number of likely N-dealkylation sites (tertiary alicyclic amines) is 1. The van der Waals surface area contributed by atoms with Crippen LogP contribution in [0.5, 0.6) is 0 Å². The minimum absolute atomic E-state index is 0.00769. The van der Waals surface area contributed by atoms with E-state index in [-0.39, 0.29) is 11.8 Å². The van der Waals surface area contributed by atoms with Crippen LogP contribution in [0, 0.1) is 12.8 Å². The Balaban J connectivity index is 1.42. The van der Waals surface area contributed by atoms with Crippen LogP contribution < -0.4 is 5.32 Å². The van der Waals surface area contributed by atoms with Gasteiger partial charge >= 0.3 is 0 Å². The van der Waals surface area contributed by atoms with Crippen molar-refractivity contribution in [3.63, 3.8) is 0 Å². The van der Waals surface area contributed by atoms with Gasteiger partial charge < -0.3 is 15.2 Å². The van der Waals surface area contributed by atoms with Crippen molar-refractivity contribution in [2.75, 3.05) is 18.9 Å². The summed E-state index contributed by atoms with van der Waals surface area (Å²) in [6.45, 7) is 2.87. The molecule has 4 heteroatoms. The summed E-state index contributed by atoms with van der Waals surface area (Å²) in [5, 5.41) is 4.50. The number of piperidine rings is 1. The number of aryl methyl sites for hydroxylation is 1. The van der Waals surface area contributed by atoms with Gasteiger partial charge in [-0.2, -0.15) is 0 Å². The highest BCUT2D eigenvalue weighted by Gasteiger charge is 2.41. The zero-order valence-corrected chi connectivity index (χ0v) is 15.8. The van der Waals surface area contributed by atoms with Gasteiger partial charge in [0, 0.05) is 41.3 Å². The van der Waals surface area contributed by atoms with Crippen LogP contribution in [0.25, 0.3) is 10.9 Å². The highest BCUT2D eigenvalue weighted by molar-refractivity contribution is 5.93. The first-order valence-electron chi connectivity index (χ1n) is 9.77. The molecular formula is C23H25N3O. The molecule has 0 spiro atoms. The maximum atomic E-state index is 13.0. The molecule has 2 heterocycles. The Bertz CT molecular complexity index is 1000. The van der Waals surface area contributed by atoms with E-state index in [2.05, 4.69) is 53.6 Å². The quantitative estimate of drug-likeness (QED) is 0.724. The van der Waals surface area contributed by atoms with E-state index in [1.165, 1.54) is 27.6 Å². The number of amides is 1. The van der Waals surface area contributed by atoms with E-state index in [0.717, 1.165) is 25.1 Å². The van der Waals surface area contributed by atoms with Gasteiger partial charge in [-0.3, -0.25) is 4.79 Å². The Hall–Kier alpha value is -2.59. The Morgan fingerprint density at radius 1 is 1.19 bits per heavy atom. The van der Waals surface area contributed by atoms with Crippen LogP contribution in [0.1, 0.15) is 29.0 Å². The second-order valence-corrected chi connectivity index (χ2v) is 8.19. The summed E-state index contributed by atoms with van der Waals surface area (Å²) in [7, 11) is 2.17. The number of benzene rings is 2. The van der Waals surface area contributed by atoms with Crippen LogP contribution in [0.2, 0.25) is 0 Å². The summed E-state index contributed by atoms with van der Waals surface area (Å²) in [5.74, 6) is 0.550. The maximum Gasteiger partial charge on any atom is 0.228 e. The van der Waals surface area contributed by atoms with Gasteiger partial charge in [0.05, 0.1) is 5.92 Å². The van der Waals surface area contributed by atoms with E-state index in [4.69, 9.17) is 0 Å². The molecule has 2 aromatic carbocycles. The molecule has 0 bridgehead atoms. The number of likely N-dealkylation sites (N-methyl/N-ethyl adjacent to an activating group) is 1. The first kappa shape index (κ1) is 16.6. The van der Waals surface area contributed by atoms with Gasteiger partial charge in [0.1, 0.15) is 0 Å². The number of anilines is 1. The van der Waals surface area contributed by atoms with Crippen molar-refractivity contribution in [3.8, 4) is 0 Å². The molecule has 0 radical (unpaired) electrons. The van der Waals surface area contributed by atoms with E-state index in [1.807, 2.05) is 24.3 Å². The number of carbonyl (C=O) groups is 1. The molecule has 1 fully saturated rings. The van der Waals surface area contributed by atoms with Gasteiger partial charge in [-0.25, -0.2) is 0 Å². The lowest BCUT2D eigenvalue weighted by Crippen LogP contribution is -2.50. The van der Waals surface area contributed by atoms with Crippen molar-refractivity contribution in [2.45, 2.75) is 31.7 Å². The zero-order valence-electron chi connectivity index (χ0n) is 15.8. The number of rotatable bonds is 2. The maximum absolute atomic E-state index is 13.0. The second-order valence-electron chi connectivity index (χ2n) is 8.19. The predicted molar refractivity (Wildman–Crippen MR) is 109 cm³/mol. The van der Waals surface area contributed by atoms with Crippen molar-refractivity contribution in [1.82, 2.24) is 9.88 Å². The van der Waals surface area contributed by atoms with Crippen molar-refractivity contribution in [3.05, 3.63) is 65.4 Å². The molecule has 1 aromatic heterocycles. The lowest BCUT2D eigenvalue weighted by molar-refractivity contribution is -0.122. The van der Waals surface area contributed by atoms with E-state index >= 15 is 0 Å². The third kappa shape index (κ3) is 2.76. The van der Waals surface area contributed by atoms with Crippen LogP contribution in [0.3, 0.4) is 0 Å². The minimum Gasteiger partial charge on any atom is -0.361 e. The number of aromatic amines is 1. The van der Waals surface area contributed by atoms with Crippen molar-refractivity contribution in [1.29, 1.82) is 0 Å². The lowest BCUT2D eigenvalue weighted by Gasteiger charge is -2.45. The average molecular weight is 359 g/mol. The van der Waals surface area contributed by atoms with Crippen molar-refractivity contribution >= 4 is 22.5 Å². The molecule has 1 aliphatic carbocycles. The number of H-pyrrole nitrogens is 1. The van der Waals surface area contributed by atoms with E-state index in [0.29, 0.717) is 12.0 Å². The largest absolute Gasteiger partial charge is 0.361 e. The molecular weight excluding hydrogens is 334 g/mol. The number of hydrogen-bond donors (Lipinski definition) is 2. The molecule has 0 saturated carbocycles. The molecule has 2 N–H and O–H groups in total. The number of aromatic nitrogens is 1. The predicted octanol–water partition coefficient (Wildman–Crippen LogP) is 4.08. The summed E-state index contributed by atoms with van der Waals surface area (Å²) in [4.78, 5) is 18.8. The number of nitrogens with one attached hydrogen (secondary N) is 2. The van der Waals surface area contributed by atoms with Gasteiger partial charge in [-0.1, -0.05) is 29.8 Å². The molecule has 1 saturated heterocycles. The van der Waals surface area contributed by atoms with Gasteiger partial charge in [0.2, 0.25) is 5.91 Å². The first-order valence-corrected chi connectivity index (χ1v) is 9.77. The molecule has 27 heavy (non-hydrogen) atoms. The number of carbonyl (C=O) groups excluding carboxylic acids is 1. The lowest BCUT2D eigenvalue weighted by atomic mass is 9.72. The normalized spacial score (nSPS) is 24.6. The van der Waals surface area contributed by atoms with E-state index < -0.39 is 0 Å². The summed E-state index contributed by atoms with van der Waals surface area (Å²) < 4.78 is 0. The Morgan fingerprint density at radius 3 is 2.81 bits per heavy atom. The van der Waals surface area contributed by atoms with E-state index in [9.17, 15) is 4.79 Å². The highest BCUT2D eigenvalue weighted by atomic mass is 16.1. The summed E-state index contributed by atoms with van der Waals surface area (Å²) in [6, 6.07) is 15.0. The Labute approximate surface area is 159 Å². The minimum atomic E-state index is 0.00769. The molecule has 2 aliphatic rings. The Kier molecular flexibility index (Phi) is 3.83. The summed E-state index contributed by atoms with van der Waals surface area (Å²) >= 11 is 0. The van der Waals surface area contributed by atoms with Gasteiger partial charge in [-0.15, -0.1) is 0 Å². The van der Waals surface area contributed by atoms with Crippen LogP contribution in [0.4, 0.5) is 5.69 Å². The Morgan fingerprint density at radius 2 is 2.00 bits per heavy atom. The molecule has 3 atom stereocenters. The van der Waals surface area contributed by atoms with Gasteiger partial charge in [0.15, 0.2) is 0 Å². The second kappa shape index (κ2) is 6.24. The molecule has 4 nitrogen and oxygen atoms in total. The molecule has 5 rings (SSSR count). The molecule has 1 aliphatic heterocycles. The smallest absolute Gasteiger partial charge is 0.228 e. The zero-order chi connectivity index (χ0) is 18.5. The third-order valence-electron chi connectivity index (χ3n) is 6.42. The monoisotopic (exact) mass is 359 g/mol. The molecule has 0 unspecified atom stereocenters. The highest BCUT2D eigenvalue weighted by Crippen LogP contribution is 2.44. The van der Waals surface area contributed by atoms with Crippen molar-refractivity contribution < 1.29 is 4.79 Å². The van der Waals surface area contributed by atoms with E-state index in [1.54, 1.807) is 0 Å². The van der Waals surface area contributed by atoms with Crippen LogP contribution >= 0.6 is 0 Å². The molecule has 1 amide bonds. The van der Waals surface area contributed by atoms with Crippen molar-refractivity contribution in [2.24, 2.45) is 5.92 Å². The fraction of sp³-hybridized carbons (Fsp3) is 0.348. The SMILES string of the molecule is Cc1ccc(NC(=O)[C@@H]2C[C@@H]3c4cccc5[nH]cc(c45)C[C@H]3N(C)C2)cc1. The fourth-order valence-electron chi connectivity index (χ4n) is 5.01. The number of hydrogen-bond acceptors (Lipinski definition) is 2. The average Bonchev–Trinajstić information content (AvgIpc) is 3.09. The van der Waals surface area contributed by atoms with Gasteiger partial charge in [-0.05, 0) is 56.1 Å². The van der Waals surface area contributed by atoms with Crippen LogP contribution in [-0.4, -0.2) is 35.4 Å². The fourth-order valence-corrected chi connectivity index (χ4v) is 5.01. The topological polar surface area (TPSA) is 48.1 Å². The summed E-state index contributed by atoms with van der Waals surface area (Å²) in [5.41, 5.74) is 6.12. The standard InChI is InChI=1S/C23H25N3O/c1-14-6-8-17(9-7-14)25-23(27)16-10-19-18-4-3-5-20-22(18)15(12-24-20)11-21(19)26(2)13-16/h3-9,12,16,19,21,24H,10-11,13H2,1-2H3,(H,25,27)/t16-,19-,21-/m1/s1. The third-order valence-corrected chi connectivity index (χ3v) is 6.42. The van der Waals surface area contributed by atoms with Gasteiger partial charge in [0.25, 0.3) is 0 Å². The number of fused-ring (bicyclic) bond motifs is 2.